The molecule has 0 aromatic heterocycles. The lowest BCUT2D eigenvalue weighted by atomic mass is 9.91. The summed E-state index contributed by atoms with van der Waals surface area (Å²) in [7, 11) is 0. The number of nitrogens with two attached hydrogens (primary N) is 1. The second kappa shape index (κ2) is 5.40. The lowest BCUT2D eigenvalue weighted by molar-refractivity contribution is -0.121. The fourth-order valence-electron chi connectivity index (χ4n) is 1.17. The first kappa shape index (κ1) is 15.2. The Morgan fingerprint density at radius 1 is 1.47 bits per heavy atom. The highest BCUT2D eigenvalue weighted by molar-refractivity contribution is 6.34. The summed E-state index contributed by atoms with van der Waals surface area (Å²) in [6.45, 7) is 2.74. The van der Waals surface area contributed by atoms with Gasteiger partial charge >= 0.3 is 0 Å². The highest BCUT2D eigenvalue weighted by Gasteiger charge is 2.33. The molecule has 0 aliphatic rings. The smallest absolute Gasteiger partial charge is 0.237 e. The first-order chi connectivity index (χ1) is 8.70. The van der Waals surface area contributed by atoms with Crippen molar-refractivity contribution in [2.75, 3.05) is 5.32 Å². The third-order valence-corrected chi connectivity index (χ3v) is 2.86. The number of nitrogens with one attached hydrogen (secondary N) is 1. The minimum absolute atomic E-state index is 0.291. The van der Waals surface area contributed by atoms with Gasteiger partial charge in [-0.1, -0.05) is 16.8 Å². The molecule has 0 saturated carbocycles. The molecule has 1 aromatic rings. The van der Waals surface area contributed by atoms with Crippen LogP contribution in [-0.4, -0.2) is 17.0 Å². The molecule has 0 heterocycles. The second-order valence-corrected chi connectivity index (χ2v) is 4.72. The largest absolute Gasteiger partial charge is 0.409 e. The van der Waals surface area contributed by atoms with E-state index in [-0.39, 0.29) is 16.5 Å². The van der Waals surface area contributed by atoms with Crippen LogP contribution >= 0.6 is 11.6 Å². The predicted octanol–water partition coefficient (Wildman–Crippen LogP) is 2.33. The minimum atomic E-state index is -1.39. The monoisotopic (exact) mass is 291 g/mol. The number of oxime groups is 1. The van der Waals surface area contributed by atoms with Gasteiger partial charge in [0.05, 0.1) is 10.7 Å². The zero-order chi connectivity index (χ0) is 14.8. The Balaban J connectivity index is 3.08. The SMILES string of the molecule is CC(C)(C(=O)Nc1c(F)cc(F)cc1Cl)C(N)=NO. The molecule has 0 unspecified atom stereocenters. The Morgan fingerprint density at radius 2 is 2.05 bits per heavy atom. The molecule has 0 atom stereocenters. The van der Waals surface area contributed by atoms with Crippen molar-refractivity contribution < 1.29 is 18.8 Å². The molecule has 1 aromatic carbocycles. The van der Waals surface area contributed by atoms with Crippen LogP contribution in [0.4, 0.5) is 14.5 Å². The van der Waals surface area contributed by atoms with E-state index in [9.17, 15) is 13.6 Å². The average Bonchev–Trinajstić information content (AvgIpc) is 2.31. The molecule has 19 heavy (non-hydrogen) atoms. The molecule has 1 amide bonds. The number of nitrogens with zero attached hydrogens (tertiary/aromatic N) is 1. The second-order valence-electron chi connectivity index (χ2n) is 4.31. The van der Waals surface area contributed by atoms with Gasteiger partial charge in [0, 0.05) is 6.07 Å². The van der Waals surface area contributed by atoms with Crippen molar-refractivity contribution in [1.82, 2.24) is 0 Å². The summed E-state index contributed by atoms with van der Waals surface area (Å²) < 4.78 is 26.3. The van der Waals surface area contributed by atoms with Gasteiger partial charge in [0.15, 0.2) is 11.7 Å². The van der Waals surface area contributed by atoms with E-state index < -0.39 is 23.0 Å². The van der Waals surface area contributed by atoms with Crippen molar-refractivity contribution in [3.05, 3.63) is 28.8 Å². The zero-order valence-electron chi connectivity index (χ0n) is 10.2. The summed E-state index contributed by atoms with van der Waals surface area (Å²) >= 11 is 5.64. The average molecular weight is 292 g/mol. The van der Waals surface area contributed by atoms with Gasteiger partial charge in [-0.25, -0.2) is 8.78 Å². The van der Waals surface area contributed by atoms with Gasteiger partial charge in [0.25, 0.3) is 0 Å². The molecule has 1 rings (SSSR count). The zero-order valence-corrected chi connectivity index (χ0v) is 10.9. The van der Waals surface area contributed by atoms with Gasteiger partial charge in [0.2, 0.25) is 5.91 Å². The topological polar surface area (TPSA) is 87.7 Å². The van der Waals surface area contributed by atoms with Gasteiger partial charge in [-0.15, -0.1) is 0 Å². The quantitative estimate of drug-likeness (QED) is 0.346. The molecule has 0 radical (unpaired) electrons. The van der Waals surface area contributed by atoms with Gasteiger partial charge in [0.1, 0.15) is 11.2 Å². The van der Waals surface area contributed by atoms with E-state index in [4.69, 9.17) is 22.5 Å². The van der Waals surface area contributed by atoms with Crippen LogP contribution in [0.25, 0.3) is 0 Å². The van der Waals surface area contributed by atoms with Crippen LogP contribution in [0.3, 0.4) is 0 Å². The number of benzene rings is 1. The highest BCUT2D eigenvalue weighted by atomic mass is 35.5. The fourth-order valence-corrected chi connectivity index (χ4v) is 1.41. The van der Waals surface area contributed by atoms with E-state index >= 15 is 0 Å². The number of hydrogen-bond acceptors (Lipinski definition) is 3. The number of hydrogen-bond donors (Lipinski definition) is 3. The van der Waals surface area contributed by atoms with Crippen LogP contribution in [0.1, 0.15) is 13.8 Å². The molecule has 0 fully saturated rings. The summed E-state index contributed by atoms with van der Waals surface area (Å²) in [5, 5.41) is 13.2. The Kier molecular flexibility index (Phi) is 4.31. The number of amides is 1. The number of carbonyl (C=O) groups is 1. The molecular weight excluding hydrogens is 280 g/mol. The van der Waals surface area contributed by atoms with Crippen LogP contribution in [0.15, 0.2) is 17.3 Å². The lowest BCUT2D eigenvalue weighted by Crippen LogP contribution is -2.42. The van der Waals surface area contributed by atoms with Crippen molar-refractivity contribution in [3.8, 4) is 0 Å². The first-order valence-electron chi connectivity index (χ1n) is 5.14. The van der Waals surface area contributed by atoms with Crippen LogP contribution < -0.4 is 11.1 Å². The molecule has 0 spiro atoms. The van der Waals surface area contributed by atoms with Gasteiger partial charge < -0.3 is 16.3 Å². The number of carbonyl (C=O) groups excluding carboxylic acids is 1. The summed E-state index contributed by atoms with van der Waals surface area (Å²) in [6.07, 6.45) is 0. The highest BCUT2D eigenvalue weighted by Crippen LogP contribution is 2.28. The maximum Gasteiger partial charge on any atom is 0.237 e. The summed E-state index contributed by atoms with van der Waals surface area (Å²) in [5.74, 6) is -3.00. The molecule has 5 nitrogen and oxygen atoms in total. The van der Waals surface area contributed by atoms with E-state index in [1.165, 1.54) is 13.8 Å². The van der Waals surface area contributed by atoms with Crippen LogP contribution in [-0.2, 0) is 4.79 Å². The van der Waals surface area contributed by atoms with E-state index in [2.05, 4.69) is 10.5 Å². The van der Waals surface area contributed by atoms with Gasteiger partial charge in [-0.05, 0) is 19.9 Å². The maximum atomic E-state index is 13.5. The first-order valence-corrected chi connectivity index (χ1v) is 5.52. The van der Waals surface area contributed by atoms with E-state index in [1.807, 2.05) is 0 Å². The van der Waals surface area contributed by atoms with E-state index in [1.54, 1.807) is 0 Å². The normalized spacial score (nSPS) is 12.4. The lowest BCUT2D eigenvalue weighted by Gasteiger charge is -2.22. The molecule has 4 N–H and O–H groups in total. The van der Waals surface area contributed by atoms with Crippen molar-refractivity contribution in [2.24, 2.45) is 16.3 Å². The van der Waals surface area contributed by atoms with Crippen LogP contribution in [0, 0.1) is 17.0 Å². The van der Waals surface area contributed by atoms with Crippen LogP contribution in [0.2, 0.25) is 5.02 Å². The molecule has 0 aliphatic carbocycles. The van der Waals surface area contributed by atoms with Crippen molar-refractivity contribution in [3.63, 3.8) is 0 Å². The molecule has 0 saturated heterocycles. The van der Waals surface area contributed by atoms with Crippen molar-refractivity contribution in [2.45, 2.75) is 13.8 Å². The Labute approximate surface area is 113 Å². The number of rotatable bonds is 3. The Hall–Kier alpha value is -1.89. The number of anilines is 1. The molecule has 104 valence electrons. The Morgan fingerprint density at radius 3 is 2.53 bits per heavy atom. The standard InChI is InChI=1S/C11H12ClF2N3O2/c1-11(2,9(15)17-19)10(18)16-8-6(12)3-5(13)4-7(8)14/h3-4,19H,1-2H3,(H2,15,17)(H,16,18). The van der Waals surface area contributed by atoms with Crippen LogP contribution in [0.5, 0.6) is 0 Å². The third kappa shape index (κ3) is 3.11. The minimum Gasteiger partial charge on any atom is -0.409 e. The molecule has 0 bridgehead atoms. The number of amidine groups is 1. The molecule has 8 heteroatoms. The van der Waals surface area contributed by atoms with E-state index in [0.717, 1.165) is 6.07 Å². The van der Waals surface area contributed by atoms with Gasteiger partial charge in [-0.2, -0.15) is 0 Å². The number of halogens is 3. The third-order valence-electron chi connectivity index (χ3n) is 2.56. The summed E-state index contributed by atoms with van der Waals surface area (Å²) in [4.78, 5) is 11.9. The summed E-state index contributed by atoms with van der Waals surface area (Å²) in [6, 6.07) is 1.44. The Bertz CT molecular complexity index is 524. The van der Waals surface area contributed by atoms with E-state index in [0.29, 0.717) is 6.07 Å². The predicted molar refractivity (Wildman–Crippen MR) is 67.2 cm³/mol. The van der Waals surface area contributed by atoms with Gasteiger partial charge in [-0.3, -0.25) is 4.79 Å². The molecule has 0 aliphatic heterocycles. The maximum absolute atomic E-state index is 13.5. The van der Waals surface area contributed by atoms with Crippen molar-refractivity contribution in [1.29, 1.82) is 0 Å². The van der Waals surface area contributed by atoms with Crippen molar-refractivity contribution >= 4 is 29.0 Å². The summed E-state index contributed by atoms with van der Waals surface area (Å²) in [5.41, 5.74) is 3.60. The fraction of sp³-hybridized carbons (Fsp3) is 0.273. The molecular formula is C11H12ClF2N3O2.